The van der Waals surface area contributed by atoms with Crippen molar-refractivity contribution in [3.05, 3.63) is 34.9 Å². The predicted molar refractivity (Wildman–Crippen MR) is 87.0 cm³/mol. The molecule has 4 heteroatoms. The Bertz CT molecular complexity index is 534. The number of carbonyl (C=O) groups excluding carboxylic acids is 1. The molecule has 1 fully saturated rings. The molecule has 0 bridgehead atoms. The van der Waals surface area contributed by atoms with Crippen molar-refractivity contribution in [1.29, 1.82) is 0 Å². The Labute approximate surface area is 138 Å². The van der Waals surface area contributed by atoms with Crippen molar-refractivity contribution in [2.75, 3.05) is 13.2 Å². The molecule has 126 valence electrons. The number of esters is 1. The van der Waals surface area contributed by atoms with E-state index < -0.39 is 0 Å². The zero-order chi connectivity index (χ0) is 16.1. The summed E-state index contributed by atoms with van der Waals surface area (Å²) in [5.41, 5.74) is 3.77. The Morgan fingerprint density at radius 3 is 2.96 bits per heavy atom. The van der Waals surface area contributed by atoms with Crippen LogP contribution in [0.3, 0.4) is 0 Å². The van der Waals surface area contributed by atoms with Gasteiger partial charge in [-0.05, 0) is 62.1 Å². The van der Waals surface area contributed by atoms with E-state index >= 15 is 0 Å². The van der Waals surface area contributed by atoms with Crippen LogP contribution in [0.5, 0.6) is 0 Å². The fraction of sp³-hybridized carbons (Fsp3) is 0.632. The Morgan fingerprint density at radius 2 is 2.17 bits per heavy atom. The molecule has 2 aliphatic rings. The summed E-state index contributed by atoms with van der Waals surface area (Å²) in [5, 5.41) is 0. The van der Waals surface area contributed by atoms with Crippen LogP contribution in [0.25, 0.3) is 0 Å². The fourth-order valence-corrected chi connectivity index (χ4v) is 3.39. The van der Waals surface area contributed by atoms with Crippen LogP contribution in [0.2, 0.25) is 0 Å². The van der Waals surface area contributed by atoms with Gasteiger partial charge >= 0.3 is 5.97 Å². The minimum Gasteiger partial charge on any atom is -0.466 e. The molecule has 2 atom stereocenters. The maximum absolute atomic E-state index is 12.0. The fourth-order valence-electron chi connectivity index (χ4n) is 3.39. The first-order valence-electron chi connectivity index (χ1n) is 8.76. The monoisotopic (exact) mass is 318 g/mol. The second kappa shape index (κ2) is 7.93. The molecule has 3 rings (SSSR count). The molecular formula is C19H26O4. The first-order chi connectivity index (χ1) is 11.3. The molecule has 0 N–H and O–H groups in total. The smallest absolute Gasteiger partial charge is 0.309 e. The highest BCUT2D eigenvalue weighted by molar-refractivity contribution is 5.73. The molecule has 23 heavy (non-hydrogen) atoms. The third-order valence-electron chi connectivity index (χ3n) is 4.69. The molecule has 0 saturated carbocycles. The average molecular weight is 318 g/mol. The summed E-state index contributed by atoms with van der Waals surface area (Å²) in [6, 6.07) is 6.49. The zero-order valence-electron chi connectivity index (χ0n) is 13.9. The Balaban J connectivity index is 1.59. The lowest BCUT2D eigenvalue weighted by Gasteiger charge is -2.25. The molecule has 0 radical (unpaired) electrons. The van der Waals surface area contributed by atoms with Gasteiger partial charge in [-0.1, -0.05) is 18.2 Å². The first kappa shape index (κ1) is 16.5. The van der Waals surface area contributed by atoms with Gasteiger partial charge in [0.05, 0.1) is 19.1 Å². The molecule has 1 aliphatic heterocycles. The highest BCUT2D eigenvalue weighted by Gasteiger charge is 2.26. The van der Waals surface area contributed by atoms with Crippen LogP contribution in [0.4, 0.5) is 0 Å². The second-order valence-corrected chi connectivity index (χ2v) is 6.40. The molecule has 1 aromatic carbocycles. The third kappa shape index (κ3) is 4.33. The molecular weight excluding hydrogens is 292 g/mol. The van der Waals surface area contributed by atoms with Crippen molar-refractivity contribution in [3.8, 4) is 0 Å². The van der Waals surface area contributed by atoms with Gasteiger partial charge in [0.1, 0.15) is 0 Å². The highest BCUT2D eigenvalue weighted by Crippen LogP contribution is 2.28. The van der Waals surface area contributed by atoms with Crippen molar-refractivity contribution < 1.29 is 19.0 Å². The van der Waals surface area contributed by atoms with E-state index in [4.69, 9.17) is 14.2 Å². The molecule has 0 aromatic heterocycles. The zero-order valence-corrected chi connectivity index (χ0v) is 13.9. The number of ether oxygens (including phenoxy) is 3. The van der Waals surface area contributed by atoms with Crippen LogP contribution in [0, 0.1) is 5.92 Å². The summed E-state index contributed by atoms with van der Waals surface area (Å²) in [5.74, 6) is -0.0595. The van der Waals surface area contributed by atoms with E-state index in [9.17, 15) is 4.79 Å². The minimum atomic E-state index is -0.0629. The molecule has 2 unspecified atom stereocenters. The Hall–Kier alpha value is -1.39. The third-order valence-corrected chi connectivity index (χ3v) is 4.69. The topological polar surface area (TPSA) is 44.8 Å². The van der Waals surface area contributed by atoms with Gasteiger partial charge in [-0.2, -0.15) is 0 Å². The maximum atomic E-state index is 12.0. The minimum absolute atomic E-state index is 0.000274. The van der Waals surface area contributed by atoms with Gasteiger partial charge in [0.15, 0.2) is 6.29 Å². The number of benzene rings is 1. The van der Waals surface area contributed by atoms with Crippen molar-refractivity contribution in [2.24, 2.45) is 5.92 Å². The van der Waals surface area contributed by atoms with E-state index in [-0.39, 0.29) is 18.2 Å². The normalized spacial score (nSPS) is 24.0. The highest BCUT2D eigenvalue weighted by atomic mass is 16.7. The van der Waals surface area contributed by atoms with Gasteiger partial charge in [-0.25, -0.2) is 0 Å². The average Bonchev–Trinajstić information content (AvgIpc) is 2.60. The lowest BCUT2D eigenvalue weighted by molar-refractivity contribution is -0.168. The van der Waals surface area contributed by atoms with Crippen molar-refractivity contribution in [2.45, 2.75) is 58.3 Å². The van der Waals surface area contributed by atoms with Gasteiger partial charge in [-0.15, -0.1) is 0 Å². The number of hydrogen-bond donors (Lipinski definition) is 0. The predicted octanol–water partition coefficient (Wildman–Crippen LogP) is 3.40. The van der Waals surface area contributed by atoms with Gasteiger partial charge in [0.2, 0.25) is 0 Å². The summed E-state index contributed by atoms with van der Waals surface area (Å²) >= 11 is 0. The maximum Gasteiger partial charge on any atom is 0.309 e. The van der Waals surface area contributed by atoms with Crippen LogP contribution in [-0.2, 0) is 38.5 Å². The van der Waals surface area contributed by atoms with Crippen molar-refractivity contribution >= 4 is 5.97 Å². The summed E-state index contributed by atoms with van der Waals surface area (Å²) in [6.07, 6.45) is 5.84. The van der Waals surface area contributed by atoms with Crippen LogP contribution >= 0.6 is 0 Å². The molecule has 1 saturated heterocycles. The second-order valence-electron chi connectivity index (χ2n) is 6.40. The Kier molecular flexibility index (Phi) is 5.68. The molecule has 0 amide bonds. The van der Waals surface area contributed by atoms with Crippen LogP contribution in [-0.4, -0.2) is 25.5 Å². The number of fused-ring (bicyclic) bond motifs is 1. The van der Waals surface area contributed by atoms with E-state index in [2.05, 4.69) is 18.2 Å². The number of rotatable bonds is 5. The van der Waals surface area contributed by atoms with E-state index in [0.29, 0.717) is 13.2 Å². The van der Waals surface area contributed by atoms with Crippen LogP contribution in [0.1, 0.15) is 49.3 Å². The van der Waals surface area contributed by atoms with Crippen molar-refractivity contribution in [3.63, 3.8) is 0 Å². The summed E-state index contributed by atoms with van der Waals surface area (Å²) in [4.78, 5) is 12.0. The lowest BCUT2D eigenvalue weighted by atomic mass is 9.83. The molecule has 4 nitrogen and oxygen atoms in total. The van der Waals surface area contributed by atoms with E-state index in [0.717, 1.165) is 44.3 Å². The number of aryl methyl sites for hydroxylation is 1. The van der Waals surface area contributed by atoms with E-state index in [1.807, 2.05) is 6.92 Å². The summed E-state index contributed by atoms with van der Waals surface area (Å²) < 4.78 is 16.6. The van der Waals surface area contributed by atoms with Crippen LogP contribution < -0.4 is 0 Å². The largest absolute Gasteiger partial charge is 0.466 e. The summed E-state index contributed by atoms with van der Waals surface area (Å²) in [6.45, 7) is 3.69. The molecule has 0 spiro atoms. The molecule has 1 aromatic rings. The van der Waals surface area contributed by atoms with Crippen LogP contribution in [0.15, 0.2) is 18.2 Å². The molecule has 1 aliphatic carbocycles. The SMILES string of the molecule is CCOC(=O)C1CCc2ccc(COC3CCCCO3)cc2C1. The van der Waals surface area contributed by atoms with Gasteiger partial charge in [-0.3, -0.25) is 4.79 Å². The van der Waals surface area contributed by atoms with E-state index in [1.54, 1.807) is 0 Å². The van der Waals surface area contributed by atoms with Gasteiger partial charge in [0, 0.05) is 6.61 Å². The van der Waals surface area contributed by atoms with Gasteiger partial charge in [0.25, 0.3) is 0 Å². The standard InChI is InChI=1S/C19H26O4/c1-2-21-19(20)16-9-8-15-7-6-14(11-17(15)12-16)13-23-18-5-3-4-10-22-18/h6-7,11,16,18H,2-5,8-10,12-13H2,1H3. The summed E-state index contributed by atoms with van der Waals surface area (Å²) in [7, 11) is 0. The van der Waals surface area contributed by atoms with Gasteiger partial charge < -0.3 is 14.2 Å². The van der Waals surface area contributed by atoms with E-state index in [1.165, 1.54) is 17.5 Å². The Morgan fingerprint density at radius 1 is 1.26 bits per heavy atom. The quantitative estimate of drug-likeness (QED) is 0.781. The first-order valence-corrected chi connectivity index (χ1v) is 8.76. The number of carbonyl (C=O) groups is 1. The lowest BCUT2D eigenvalue weighted by Crippen LogP contribution is -2.25. The van der Waals surface area contributed by atoms with Crippen molar-refractivity contribution in [1.82, 2.24) is 0 Å². The number of hydrogen-bond acceptors (Lipinski definition) is 4. The molecule has 1 heterocycles.